The van der Waals surface area contributed by atoms with Crippen molar-refractivity contribution >= 4 is 12.2 Å². The van der Waals surface area contributed by atoms with E-state index in [4.69, 9.17) is 0 Å². The number of nitrogens with zero attached hydrogens (tertiary/aromatic N) is 5. The van der Waals surface area contributed by atoms with Crippen LogP contribution in [0.15, 0.2) is 41.6 Å². The molecule has 6 nitrogen and oxygen atoms in total. The van der Waals surface area contributed by atoms with E-state index in [1.54, 1.807) is 6.07 Å². The lowest BCUT2D eigenvalue weighted by molar-refractivity contribution is -0.142. The average Bonchev–Trinajstić information content (AvgIpc) is 3.09. The van der Waals surface area contributed by atoms with E-state index in [0.717, 1.165) is 23.5 Å². The van der Waals surface area contributed by atoms with E-state index in [-0.39, 0.29) is 17.3 Å². The first-order valence-electron chi connectivity index (χ1n) is 8.75. The fourth-order valence-electron chi connectivity index (χ4n) is 2.55. The molecule has 0 atom stereocenters. The summed E-state index contributed by atoms with van der Waals surface area (Å²) in [5.41, 5.74) is 5.04. The molecule has 3 aromatic rings. The Morgan fingerprint density at radius 1 is 1.10 bits per heavy atom. The summed E-state index contributed by atoms with van der Waals surface area (Å²) in [5, 5.41) is 7.49. The zero-order valence-corrected chi connectivity index (χ0v) is 16.0. The Labute approximate surface area is 168 Å². The monoisotopic (exact) mass is 424 g/mol. The number of rotatable bonds is 6. The Kier molecular flexibility index (Phi) is 6.09. The van der Waals surface area contributed by atoms with Crippen molar-refractivity contribution in [3.63, 3.8) is 0 Å². The van der Waals surface area contributed by atoms with Crippen molar-refractivity contribution in [3.05, 3.63) is 59.0 Å². The molecule has 0 aliphatic rings. The molecular formula is C19H17F5N6. The molecule has 0 aliphatic heterocycles. The largest absolute Gasteiger partial charge is 0.408 e. The van der Waals surface area contributed by atoms with E-state index in [9.17, 15) is 22.0 Å². The first kappa shape index (κ1) is 21.3. The smallest absolute Gasteiger partial charge is 0.263 e. The summed E-state index contributed by atoms with van der Waals surface area (Å²) in [4.78, 5) is 7.92. The van der Waals surface area contributed by atoms with Gasteiger partial charge in [-0.15, -0.1) is 0 Å². The van der Waals surface area contributed by atoms with E-state index in [2.05, 4.69) is 25.6 Å². The molecule has 0 spiro atoms. The van der Waals surface area contributed by atoms with Crippen LogP contribution in [0.4, 0.5) is 27.9 Å². The van der Waals surface area contributed by atoms with Crippen LogP contribution in [-0.2, 0) is 6.54 Å². The number of aryl methyl sites for hydroxylation is 2. The van der Waals surface area contributed by atoms with Crippen LogP contribution in [0.25, 0.3) is 11.3 Å². The van der Waals surface area contributed by atoms with Crippen molar-refractivity contribution < 1.29 is 22.0 Å². The molecule has 0 saturated heterocycles. The molecule has 0 unspecified atom stereocenters. The third-order valence-electron chi connectivity index (χ3n) is 4.14. The van der Waals surface area contributed by atoms with Gasteiger partial charge in [0, 0.05) is 11.8 Å². The number of hydrogen-bond acceptors (Lipinski definition) is 5. The van der Waals surface area contributed by atoms with Crippen LogP contribution in [0, 0.1) is 13.8 Å². The fraction of sp³-hybridized carbons (Fsp3) is 0.263. The van der Waals surface area contributed by atoms with Gasteiger partial charge in [0.05, 0.1) is 11.9 Å². The third-order valence-corrected chi connectivity index (χ3v) is 4.14. The second-order valence-electron chi connectivity index (χ2n) is 6.52. The molecular weight excluding hydrogens is 407 g/mol. The predicted molar refractivity (Wildman–Crippen MR) is 101 cm³/mol. The minimum absolute atomic E-state index is 0.145. The van der Waals surface area contributed by atoms with Crippen LogP contribution >= 0.6 is 0 Å². The van der Waals surface area contributed by atoms with Crippen molar-refractivity contribution in [3.8, 4) is 11.3 Å². The third kappa shape index (κ3) is 5.58. The number of alkyl halides is 5. The van der Waals surface area contributed by atoms with Gasteiger partial charge in [-0.25, -0.2) is 24.2 Å². The van der Waals surface area contributed by atoms with E-state index >= 15 is 0 Å². The Bertz CT molecular complexity index is 1060. The lowest BCUT2D eigenvalue weighted by atomic mass is 10.0. The molecule has 0 bridgehead atoms. The van der Waals surface area contributed by atoms with E-state index in [1.165, 1.54) is 12.1 Å². The summed E-state index contributed by atoms with van der Waals surface area (Å²) in [6.45, 7) is 2.60. The molecule has 0 saturated carbocycles. The molecule has 0 amide bonds. The standard InChI is InChI=1S/C19H17F5N6/c1-11-3-4-13(7-12(11)2)15-8-16(17(20)21)27-18(26-15)28-25-9-14-5-6-30(29-14)10-19(22,23)24/h3-9,17H,10H2,1-2H3,(H,26,27,28)/b25-9-. The van der Waals surface area contributed by atoms with Crippen LogP contribution in [0.1, 0.15) is 28.9 Å². The Morgan fingerprint density at radius 3 is 2.53 bits per heavy atom. The van der Waals surface area contributed by atoms with E-state index in [0.29, 0.717) is 10.2 Å². The molecule has 1 aromatic carbocycles. The van der Waals surface area contributed by atoms with E-state index < -0.39 is 24.8 Å². The van der Waals surface area contributed by atoms with Gasteiger partial charge in [-0.2, -0.15) is 23.4 Å². The average molecular weight is 424 g/mol. The molecule has 2 heterocycles. The first-order chi connectivity index (χ1) is 14.1. The predicted octanol–water partition coefficient (Wildman–Crippen LogP) is 4.90. The number of hydrogen-bond donors (Lipinski definition) is 1. The molecule has 158 valence electrons. The highest BCUT2D eigenvalue weighted by atomic mass is 19.4. The van der Waals surface area contributed by atoms with Crippen molar-refractivity contribution in [2.24, 2.45) is 5.10 Å². The Balaban J connectivity index is 1.81. The van der Waals surface area contributed by atoms with Crippen LogP contribution in [-0.4, -0.2) is 32.1 Å². The highest BCUT2D eigenvalue weighted by Crippen LogP contribution is 2.26. The summed E-state index contributed by atoms with van der Waals surface area (Å²) >= 11 is 0. The maximum atomic E-state index is 13.3. The normalized spacial score (nSPS) is 12.1. The Hall–Kier alpha value is -3.37. The summed E-state index contributed by atoms with van der Waals surface area (Å²) in [5.74, 6) is -0.174. The summed E-state index contributed by atoms with van der Waals surface area (Å²) in [6, 6.07) is 7.97. The highest BCUT2D eigenvalue weighted by Gasteiger charge is 2.28. The van der Waals surface area contributed by atoms with Crippen molar-refractivity contribution in [1.82, 2.24) is 19.7 Å². The summed E-state index contributed by atoms with van der Waals surface area (Å²) in [6.07, 6.45) is -4.92. The number of hydrazone groups is 1. The molecule has 2 aromatic heterocycles. The summed E-state index contributed by atoms with van der Waals surface area (Å²) in [7, 11) is 0. The topological polar surface area (TPSA) is 68.0 Å². The van der Waals surface area contributed by atoms with Crippen LogP contribution in [0.5, 0.6) is 0 Å². The maximum Gasteiger partial charge on any atom is 0.408 e. The molecule has 0 radical (unpaired) electrons. The first-order valence-corrected chi connectivity index (χ1v) is 8.75. The van der Waals surface area contributed by atoms with Gasteiger partial charge in [0.15, 0.2) is 0 Å². The number of anilines is 1. The van der Waals surface area contributed by atoms with Gasteiger partial charge in [0.1, 0.15) is 17.9 Å². The number of halogens is 5. The van der Waals surface area contributed by atoms with Gasteiger partial charge in [0.2, 0.25) is 5.95 Å². The van der Waals surface area contributed by atoms with Crippen molar-refractivity contribution in [2.45, 2.75) is 33.0 Å². The lowest BCUT2D eigenvalue weighted by Crippen LogP contribution is -2.18. The quantitative estimate of drug-likeness (QED) is 0.347. The Morgan fingerprint density at radius 2 is 1.87 bits per heavy atom. The number of aromatic nitrogens is 4. The maximum absolute atomic E-state index is 13.3. The molecule has 3 rings (SSSR count). The van der Waals surface area contributed by atoms with Gasteiger partial charge in [-0.1, -0.05) is 12.1 Å². The van der Waals surface area contributed by atoms with Crippen LogP contribution in [0.2, 0.25) is 0 Å². The minimum atomic E-state index is -4.40. The number of nitrogens with one attached hydrogen (secondary N) is 1. The van der Waals surface area contributed by atoms with Crippen molar-refractivity contribution in [1.29, 1.82) is 0 Å². The second kappa shape index (κ2) is 8.56. The van der Waals surface area contributed by atoms with E-state index in [1.807, 2.05) is 26.0 Å². The molecule has 1 N–H and O–H groups in total. The van der Waals surface area contributed by atoms with Crippen LogP contribution < -0.4 is 5.43 Å². The zero-order chi connectivity index (χ0) is 21.9. The van der Waals surface area contributed by atoms with Crippen LogP contribution in [0.3, 0.4) is 0 Å². The van der Waals surface area contributed by atoms with Gasteiger partial charge < -0.3 is 0 Å². The molecule has 0 fully saturated rings. The lowest BCUT2D eigenvalue weighted by Gasteiger charge is -2.09. The van der Waals surface area contributed by atoms with Crippen molar-refractivity contribution in [2.75, 3.05) is 5.43 Å². The zero-order valence-electron chi connectivity index (χ0n) is 16.0. The van der Waals surface area contributed by atoms with Gasteiger partial charge >= 0.3 is 6.18 Å². The SMILES string of the molecule is Cc1ccc(-c2cc(C(F)F)nc(N/N=C\c3ccn(CC(F)(F)F)n3)n2)cc1C. The molecule has 30 heavy (non-hydrogen) atoms. The molecule has 11 heteroatoms. The minimum Gasteiger partial charge on any atom is -0.263 e. The second-order valence-corrected chi connectivity index (χ2v) is 6.52. The van der Waals surface area contributed by atoms with Gasteiger partial charge in [-0.05, 0) is 43.2 Å². The van der Waals surface area contributed by atoms with Gasteiger partial charge in [0.25, 0.3) is 6.43 Å². The summed E-state index contributed by atoms with van der Waals surface area (Å²) < 4.78 is 64.3. The van der Waals surface area contributed by atoms with Gasteiger partial charge in [-0.3, -0.25) is 4.68 Å². The number of benzene rings is 1. The fourth-order valence-corrected chi connectivity index (χ4v) is 2.55. The highest BCUT2D eigenvalue weighted by molar-refractivity contribution is 5.77. The molecule has 0 aliphatic carbocycles.